The number of hydrogen-bond acceptors (Lipinski definition) is 5. The zero-order valence-corrected chi connectivity index (χ0v) is 8.81. The van der Waals surface area contributed by atoms with Crippen LogP contribution in [0.1, 0.15) is 12.6 Å². The lowest BCUT2D eigenvalue weighted by Gasteiger charge is -2.01. The molecule has 0 radical (unpaired) electrons. The molecule has 15 heavy (non-hydrogen) atoms. The van der Waals surface area contributed by atoms with Gasteiger partial charge in [-0.05, 0) is 26.0 Å². The minimum absolute atomic E-state index is 0.194. The highest BCUT2D eigenvalue weighted by molar-refractivity contribution is 6.42. The van der Waals surface area contributed by atoms with Crippen LogP contribution in [0.4, 0.5) is 5.69 Å². The molecule has 80 valence electrons. The van der Waals surface area contributed by atoms with Gasteiger partial charge in [0.05, 0.1) is 29.9 Å². The Morgan fingerprint density at radius 2 is 2.27 bits per heavy atom. The Morgan fingerprint density at radius 3 is 2.73 bits per heavy atom. The van der Waals surface area contributed by atoms with E-state index in [-0.39, 0.29) is 6.61 Å². The molecule has 0 unspecified atom stereocenters. The zero-order chi connectivity index (χ0) is 11.3. The molecule has 0 bridgehead atoms. The van der Waals surface area contributed by atoms with Crippen molar-refractivity contribution in [1.82, 2.24) is 4.98 Å². The van der Waals surface area contributed by atoms with Crippen molar-refractivity contribution in [3.63, 3.8) is 0 Å². The Balaban J connectivity index is 2.98. The van der Waals surface area contributed by atoms with E-state index in [1.165, 1.54) is 0 Å². The molecule has 0 aliphatic heterocycles. The fourth-order valence-electron chi connectivity index (χ4n) is 0.987. The summed E-state index contributed by atoms with van der Waals surface area (Å²) in [5, 5.41) is 12.5. The van der Waals surface area contributed by atoms with Crippen LogP contribution < -0.4 is 5.84 Å². The van der Waals surface area contributed by atoms with E-state index in [4.69, 9.17) is 10.9 Å². The van der Waals surface area contributed by atoms with Gasteiger partial charge in [0.15, 0.2) is 0 Å². The Morgan fingerprint density at radius 1 is 1.53 bits per heavy atom. The number of hydrazone groups is 1. The second-order valence-electron chi connectivity index (χ2n) is 3.09. The normalized spacial score (nSPS) is 13.0. The van der Waals surface area contributed by atoms with Gasteiger partial charge in [0.1, 0.15) is 0 Å². The molecule has 0 aliphatic rings. The first-order chi connectivity index (χ1) is 7.17. The van der Waals surface area contributed by atoms with Crippen LogP contribution in [0.25, 0.3) is 0 Å². The number of hydrogen-bond donors (Lipinski definition) is 2. The molecule has 0 saturated carbocycles. The van der Waals surface area contributed by atoms with E-state index >= 15 is 0 Å². The summed E-state index contributed by atoms with van der Waals surface area (Å²) in [4.78, 5) is 8.27. The number of aliphatic hydroxyl groups is 1. The predicted octanol–water partition coefficient (Wildman–Crippen LogP) is 0.789. The summed E-state index contributed by atoms with van der Waals surface area (Å²) in [6, 6.07) is 3.67. The van der Waals surface area contributed by atoms with Gasteiger partial charge in [-0.25, -0.2) is 4.99 Å². The van der Waals surface area contributed by atoms with Gasteiger partial charge in [-0.3, -0.25) is 4.98 Å². The van der Waals surface area contributed by atoms with Crippen LogP contribution in [0.15, 0.2) is 28.4 Å². The van der Waals surface area contributed by atoms with Gasteiger partial charge < -0.3 is 10.9 Å². The van der Waals surface area contributed by atoms with E-state index in [0.29, 0.717) is 17.1 Å². The minimum atomic E-state index is -0.194. The number of aryl methyl sites for hydroxylation is 1. The maximum absolute atomic E-state index is 9.06. The molecule has 1 heterocycles. The maximum atomic E-state index is 9.06. The van der Waals surface area contributed by atoms with Crippen molar-refractivity contribution in [1.29, 1.82) is 0 Å². The second kappa shape index (κ2) is 5.21. The summed E-state index contributed by atoms with van der Waals surface area (Å²) in [5.41, 5.74) is 2.55. The monoisotopic (exact) mass is 206 g/mol. The number of pyridine rings is 1. The highest BCUT2D eigenvalue weighted by Crippen LogP contribution is 2.10. The molecule has 1 aromatic rings. The number of aliphatic imine (C=N–C) groups is 1. The van der Waals surface area contributed by atoms with Crippen molar-refractivity contribution in [2.45, 2.75) is 13.8 Å². The van der Waals surface area contributed by atoms with Crippen LogP contribution in [-0.4, -0.2) is 28.1 Å². The molecular weight excluding hydrogens is 192 g/mol. The first kappa shape index (κ1) is 11.3. The smallest absolute Gasteiger partial charge is 0.0895 e. The summed E-state index contributed by atoms with van der Waals surface area (Å²) < 4.78 is 0. The number of rotatable bonds is 3. The van der Waals surface area contributed by atoms with E-state index < -0.39 is 0 Å². The van der Waals surface area contributed by atoms with Crippen molar-refractivity contribution in [2.75, 3.05) is 6.61 Å². The van der Waals surface area contributed by atoms with Crippen LogP contribution in [0.2, 0.25) is 0 Å². The zero-order valence-electron chi connectivity index (χ0n) is 8.81. The third kappa shape index (κ3) is 3.14. The minimum Gasteiger partial charge on any atom is -0.390 e. The maximum Gasteiger partial charge on any atom is 0.0895 e. The van der Waals surface area contributed by atoms with Crippen LogP contribution in [0.5, 0.6) is 0 Å². The van der Waals surface area contributed by atoms with Crippen LogP contribution in [0, 0.1) is 6.92 Å². The van der Waals surface area contributed by atoms with Crippen molar-refractivity contribution in [2.24, 2.45) is 15.9 Å². The fourth-order valence-corrected chi connectivity index (χ4v) is 0.987. The number of aliphatic hydroxyl groups excluding tert-OH is 1. The highest BCUT2D eigenvalue weighted by atomic mass is 16.3. The Hall–Kier alpha value is -1.75. The van der Waals surface area contributed by atoms with E-state index in [2.05, 4.69) is 15.1 Å². The lowest BCUT2D eigenvalue weighted by atomic mass is 10.2. The van der Waals surface area contributed by atoms with Gasteiger partial charge in [0.25, 0.3) is 0 Å². The summed E-state index contributed by atoms with van der Waals surface area (Å²) in [7, 11) is 0. The SMILES string of the molecule is C/C(=N/N)C(CO)=Nc1ccc(C)nc1. The molecule has 0 amide bonds. The molecule has 5 heteroatoms. The summed E-state index contributed by atoms with van der Waals surface area (Å²) in [6.07, 6.45) is 1.63. The lowest BCUT2D eigenvalue weighted by molar-refractivity contribution is 0.359. The van der Waals surface area contributed by atoms with Crippen LogP contribution in [-0.2, 0) is 0 Å². The van der Waals surface area contributed by atoms with Gasteiger partial charge in [0, 0.05) is 5.69 Å². The molecule has 0 fully saturated rings. The third-order valence-corrected chi connectivity index (χ3v) is 1.92. The highest BCUT2D eigenvalue weighted by Gasteiger charge is 2.02. The van der Waals surface area contributed by atoms with Crippen molar-refractivity contribution < 1.29 is 5.11 Å². The molecule has 3 N–H and O–H groups in total. The quantitative estimate of drug-likeness (QED) is 0.435. The molecule has 0 saturated heterocycles. The molecule has 0 aliphatic carbocycles. The lowest BCUT2D eigenvalue weighted by Crippen LogP contribution is -2.16. The van der Waals surface area contributed by atoms with E-state index in [9.17, 15) is 0 Å². The van der Waals surface area contributed by atoms with Crippen LogP contribution >= 0.6 is 0 Å². The first-order valence-electron chi connectivity index (χ1n) is 4.53. The molecule has 0 atom stereocenters. The van der Waals surface area contributed by atoms with E-state index in [1.54, 1.807) is 13.1 Å². The Bertz CT molecular complexity index is 381. The standard InChI is InChI=1S/C10H14N4O/c1-7-3-4-9(5-12-7)13-10(6-15)8(2)14-11/h3-5,15H,6,11H2,1-2H3/b13-10?,14-8-. The number of nitrogens with zero attached hydrogens (tertiary/aromatic N) is 3. The molecular formula is C10H14N4O. The largest absolute Gasteiger partial charge is 0.390 e. The van der Waals surface area contributed by atoms with Crippen LogP contribution in [0.3, 0.4) is 0 Å². The Labute approximate surface area is 88.4 Å². The van der Waals surface area contributed by atoms with Gasteiger partial charge in [-0.2, -0.15) is 5.10 Å². The van der Waals surface area contributed by atoms with E-state index in [0.717, 1.165) is 5.69 Å². The average molecular weight is 206 g/mol. The first-order valence-corrected chi connectivity index (χ1v) is 4.53. The van der Waals surface area contributed by atoms with Gasteiger partial charge in [0.2, 0.25) is 0 Å². The van der Waals surface area contributed by atoms with Crippen molar-refractivity contribution in [3.05, 3.63) is 24.0 Å². The van der Waals surface area contributed by atoms with Crippen molar-refractivity contribution in [3.8, 4) is 0 Å². The molecule has 1 aromatic heterocycles. The van der Waals surface area contributed by atoms with Gasteiger partial charge in [-0.15, -0.1) is 0 Å². The topological polar surface area (TPSA) is 83.9 Å². The summed E-state index contributed by atoms with van der Waals surface area (Å²) in [5.74, 6) is 5.11. The number of nitrogens with two attached hydrogens (primary N) is 1. The molecule has 0 spiro atoms. The third-order valence-electron chi connectivity index (χ3n) is 1.92. The molecule has 0 aromatic carbocycles. The molecule has 1 rings (SSSR count). The average Bonchev–Trinajstić information content (AvgIpc) is 2.27. The summed E-state index contributed by atoms with van der Waals surface area (Å²) >= 11 is 0. The predicted molar refractivity (Wildman–Crippen MR) is 60.5 cm³/mol. The fraction of sp³-hybridized carbons (Fsp3) is 0.300. The number of aromatic nitrogens is 1. The van der Waals surface area contributed by atoms with Gasteiger partial charge >= 0.3 is 0 Å². The van der Waals surface area contributed by atoms with E-state index in [1.807, 2.05) is 19.1 Å². The summed E-state index contributed by atoms with van der Waals surface area (Å²) in [6.45, 7) is 3.39. The molecule has 5 nitrogen and oxygen atoms in total. The second-order valence-corrected chi connectivity index (χ2v) is 3.09. The van der Waals surface area contributed by atoms with Gasteiger partial charge in [-0.1, -0.05) is 0 Å². The van der Waals surface area contributed by atoms with Crippen molar-refractivity contribution >= 4 is 17.1 Å². The Kier molecular flexibility index (Phi) is 3.93.